The molecule has 0 saturated carbocycles. The maximum Gasteiger partial charge on any atom is 0.141 e. The van der Waals surface area contributed by atoms with Crippen LogP contribution in [-0.2, 0) is 4.74 Å². The van der Waals surface area contributed by atoms with Gasteiger partial charge in [-0.25, -0.2) is 9.97 Å². The first-order valence-electron chi connectivity index (χ1n) is 11.4. The lowest BCUT2D eigenvalue weighted by atomic mass is 10.0. The SMILES string of the molecule is N#Cc1cc(-c2ncnc3[nH]c(-c4cccc(N5CCOCC5)c4)cc23)ccc1N1CCC1. The molecular weight excluding hydrogens is 412 g/mol. The molecule has 0 amide bonds. The largest absolute Gasteiger partial charge is 0.378 e. The van der Waals surface area contributed by atoms with Crippen molar-refractivity contribution < 1.29 is 4.74 Å². The molecule has 0 unspecified atom stereocenters. The molecule has 0 atom stereocenters. The van der Waals surface area contributed by atoms with Crippen molar-refractivity contribution in [2.75, 3.05) is 49.2 Å². The minimum Gasteiger partial charge on any atom is -0.378 e. The topological polar surface area (TPSA) is 81.1 Å². The molecule has 2 aromatic carbocycles. The molecule has 33 heavy (non-hydrogen) atoms. The van der Waals surface area contributed by atoms with E-state index >= 15 is 0 Å². The molecule has 0 aliphatic carbocycles. The van der Waals surface area contributed by atoms with E-state index in [4.69, 9.17) is 4.74 Å². The van der Waals surface area contributed by atoms with E-state index < -0.39 is 0 Å². The van der Waals surface area contributed by atoms with E-state index in [0.29, 0.717) is 5.56 Å². The maximum absolute atomic E-state index is 9.73. The van der Waals surface area contributed by atoms with Gasteiger partial charge in [0.2, 0.25) is 0 Å². The molecule has 2 aromatic heterocycles. The van der Waals surface area contributed by atoms with Crippen LogP contribution >= 0.6 is 0 Å². The summed E-state index contributed by atoms with van der Waals surface area (Å²) in [6, 6.07) is 19.1. The summed E-state index contributed by atoms with van der Waals surface area (Å²) in [6.45, 7) is 5.35. The number of rotatable bonds is 4. The summed E-state index contributed by atoms with van der Waals surface area (Å²) < 4.78 is 5.49. The fraction of sp³-hybridized carbons (Fsp3) is 0.269. The summed E-state index contributed by atoms with van der Waals surface area (Å²) in [4.78, 5) is 17.1. The fourth-order valence-electron chi connectivity index (χ4n) is 4.62. The first-order chi connectivity index (χ1) is 16.3. The van der Waals surface area contributed by atoms with E-state index in [1.54, 1.807) is 6.33 Å². The minimum atomic E-state index is 0.688. The van der Waals surface area contributed by atoms with Gasteiger partial charge in [0.05, 0.1) is 30.2 Å². The Morgan fingerprint density at radius 2 is 1.79 bits per heavy atom. The quantitative estimate of drug-likeness (QED) is 0.516. The number of benzene rings is 2. The van der Waals surface area contributed by atoms with E-state index in [1.807, 2.05) is 12.1 Å². The van der Waals surface area contributed by atoms with Crippen LogP contribution in [0.5, 0.6) is 0 Å². The predicted octanol–water partition coefficient (Wildman–Crippen LogP) is 4.21. The Morgan fingerprint density at radius 3 is 2.58 bits per heavy atom. The Labute approximate surface area is 192 Å². The van der Waals surface area contributed by atoms with Crippen LogP contribution in [0.15, 0.2) is 54.9 Å². The highest BCUT2D eigenvalue weighted by molar-refractivity contribution is 5.94. The van der Waals surface area contributed by atoms with E-state index in [1.165, 1.54) is 12.1 Å². The van der Waals surface area contributed by atoms with Crippen LogP contribution in [0.4, 0.5) is 11.4 Å². The Balaban J connectivity index is 1.38. The molecule has 2 aliphatic rings. The van der Waals surface area contributed by atoms with Gasteiger partial charge in [-0.2, -0.15) is 5.26 Å². The molecule has 1 N–H and O–H groups in total. The monoisotopic (exact) mass is 436 g/mol. The summed E-state index contributed by atoms with van der Waals surface area (Å²) in [5, 5.41) is 10.7. The highest BCUT2D eigenvalue weighted by Crippen LogP contribution is 2.34. The number of hydrogen-bond donors (Lipinski definition) is 1. The molecule has 6 rings (SSSR count). The number of nitriles is 1. The Morgan fingerprint density at radius 1 is 0.909 bits per heavy atom. The van der Waals surface area contributed by atoms with Crippen molar-refractivity contribution >= 4 is 22.4 Å². The zero-order valence-corrected chi connectivity index (χ0v) is 18.3. The van der Waals surface area contributed by atoms with Gasteiger partial charge in [-0.3, -0.25) is 0 Å². The van der Waals surface area contributed by atoms with Crippen molar-refractivity contribution in [2.24, 2.45) is 0 Å². The Hall–Kier alpha value is -3.89. The average molecular weight is 437 g/mol. The van der Waals surface area contributed by atoms with Crippen LogP contribution < -0.4 is 9.80 Å². The molecule has 7 nitrogen and oxygen atoms in total. The van der Waals surface area contributed by atoms with Crippen LogP contribution in [0.3, 0.4) is 0 Å². The average Bonchev–Trinajstić information content (AvgIpc) is 3.29. The third kappa shape index (κ3) is 3.59. The van der Waals surface area contributed by atoms with E-state index in [0.717, 1.165) is 78.6 Å². The number of aromatic amines is 1. The fourth-order valence-corrected chi connectivity index (χ4v) is 4.62. The summed E-state index contributed by atoms with van der Waals surface area (Å²) >= 11 is 0. The zero-order chi connectivity index (χ0) is 22.2. The summed E-state index contributed by atoms with van der Waals surface area (Å²) in [5.41, 5.74) is 7.54. The molecule has 2 saturated heterocycles. The second kappa shape index (κ2) is 8.23. The van der Waals surface area contributed by atoms with Crippen LogP contribution in [0.25, 0.3) is 33.5 Å². The first-order valence-corrected chi connectivity index (χ1v) is 11.4. The molecular formula is C26H24N6O. The van der Waals surface area contributed by atoms with Crippen LogP contribution in [0, 0.1) is 11.3 Å². The van der Waals surface area contributed by atoms with Gasteiger partial charge in [-0.1, -0.05) is 18.2 Å². The standard InChI is InChI=1S/C26H24N6O/c27-16-20-13-19(5-6-24(20)32-7-2-8-32)25-22-15-23(30-26(22)29-17-28-25)18-3-1-4-21(14-18)31-9-11-33-12-10-31/h1,3-6,13-15,17H,2,7-12H2,(H,28,29,30). The third-order valence-corrected chi connectivity index (χ3v) is 6.55. The lowest BCUT2D eigenvalue weighted by Crippen LogP contribution is -2.37. The number of fused-ring (bicyclic) bond motifs is 1. The van der Waals surface area contributed by atoms with Crippen molar-refractivity contribution in [1.82, 2.24) is 15.0 Å². The third-order valence-electron chi connectivity index (χ3n) is 6.55. The number of nitrogens with one attached hydrogen (secondary N) is 1. The lowest BCUT2D eigenvalue weighted by Gasteiger charge is -2.33. The lowest BCUT2D eigenvalue weighted by molar-refractivity contribution is 0.122. The molecule has 2 fully saturated rings. The molecule has 164 valence electrons. The smallest absolute Gasteiger partial charge is 0.141 e. The van der Waals surface area contributed by atoms with Gasteiger partial charge in [0.25, 0.3) is 0 Å². The number of nitrogens with zero attached hydrogens (tertiary/aromatic N) is 5. The second-order valence-electron chi connectivity index (χ2n) is 8.50. The number of ether oxygens (including phenoxy) is 1. The number of morpholine rings is 1. The van der Waals surface area contributed by atoms with Crippen molar-refractivity contribution in [3.05, 3.63) is 60.4 Å². The maximum atomic E-state index is 9.73. The predicted molar refractivity (Wildman–Crippen MR) is 129 cm³/mol. The normalized spacial score (nSPS) is 16.0. The highest BCUT2D eigenvalue weighted by atomic mass is 16.5. The van der Waals surface area contributed by atoms with Crippen molar-refractivity contribution in [3.63, 3.8) is 0 Å². The van der Waals surface area contributed by atoms with Gasteiger partial charge in [0.1, 0.15) is 18.0 Å². The van der Waals surface area contributed by atoms with Gasteiger partial charge in [0, 0.05) is 54.1 Å². The van der Waals surface area contributed by atoms with Crippen molar-refractivity contribution in [1.29, 1.82) is 5.26 Å². The number of hydrogen-bond acceptors (Lipinski definition) is 6. The van der Waals surface area contributed by atoms with Gasteiger partial charge >= 0.3 is 0 Å². The van der Waals surface area contributed by atoms with Gasteiger partial charge < -0.3 is 19.5 Å². The van der Waals surface area contributed by atoms with E-state index in [-0.39, 0.29) is 0 Å². The van der Waals surface area contributed by atoms with E-state index in [9.17, 15) is 5.26 Å². The molecule has 0 bridgehead atoms. The van der Waals surface area contributed by atoms with Crippen molar-refractivity contribution in [2.45, 2.75) is 6.42 Å². The van der Waals surface area contributed by atoms with Gasteiger partial charge in [-0.15, -0.1) is 0 Å². The van der Waals surface area contributed by atoms with Crippen LogP contribution in [0.1, 0.15) is 12.0 Å². The summed E-state index contributed by atoms with van der Waals surface area (Å²) in [6.07, 6.45) is 2.76. The Kier molecular flexibility index (Phi) is 4.93. The number of aromatic nitrogens is 3. The van der Waals surface area contributed by atoms with Crippen LogP contribution in [0.2, 0.25) is 0 Å². The first kappa shape index (κ1) is 19.8. The molecule has 0 radical (unpaired) electrons. The summed E-state index contributed by atoms with van der Waals surface area (Å²) in [7, 11) is 0. The van der Waals surface area contributed by atoms with Crippen LogP contribution in [-0.4, -0.2) is 54.3 Å². The summed E-state index contributed by atoms with van der Waals surface area (Å²) in [5.74, 6) is 0. The van der Waals surface area contributed by atoms with Gasteiger partial charge in [0.15, 0.2) is 0 Å². The minimum absolute atomic E-state index is 0.688. The highest BCUT2D eigenvalue weighted by Gasteiger charge is 2.19. The number of anilines is 2. The molecule has 4 aromatic rings. The van der Waals surface area contributed by atoms with Gasteiger partial charge in [-0.05, 0) is 36.8 Å². The molecule has 7 heteroatoms. The Bertz CT molecular complexity index is 1360. The van der Waals surface area contributed by atoms with E-state index in [2.05, 4.69) is 67.2 Å². The number of H-pyrrole nitrogens is 1. The zero-order valence-electron chi connectivity index (χ0n) is 18.3. The molecule has 4 heterocycles. The molecule has 2 aliphatic heterocycles. The molecule has 0 spiro atoms. The van der Waals surface area contributed by atoms with Crippen molar-refractivity contribution in [3.8, 4) is 28.6 Å². The second-order valence-corrected chi connectivity index (χ2v) is 8.50.